The molecule has 0 spiro atoms. The van der Waals surface area contributed by atoms with Gasteiger partial charge in [0.25, 0.3) is 0 Å². The molecule has 0 aliphatic rings. The van der Waals surface area contributed by atoms with Gasteiger partial charge in [0.2, 0.25) is 5.91 Å². The highest BCUT2D eigenvalue weighted by Crippen LogP contribution is 2.23. The normalized spacial score (nSPS) is 11.0. The molecule has 2 aromatic carbocycles. The zero-order chi connectivity index (χ0) is 20.5. The number of carbonyl (C=O) groups excluding carboxylic acids is 1. The van der Waals surface area contributed by atoms with Crippen LogP contribution in [0.3, 0.4) is 0 Å². The molecular weight excluding hydrogens is 372 g/mol. The lowest BCUT2D eigenvalue weighted by Crippen LogP contribution is -2.20. The molecule has 0 atom stereocenters. The molecule has 9 heteroatoms. The first-order valence-corrected chi connectivity index (χ1v) is 8.96. The molecule has 4 rings (SSSR count). The lowest BCUT2D eigenvalue weighted by molar-refractivity contribution is -0.386. The first kappa shape index (κ1) is 18.4. The number of H-pyrrole nitrogens is 1. The van der Waals surface area contributed by atoms with Crippen molar-refractivity contribution in [1.82, 2.24) is 19.7 Å². The third kappa shape index (κ3) is 3.57. The molecule has 146 valence electrons. The van der Waals surface area contributed by atoms with E-state index >= 15 is 0 Å². The topological polar surface area (TPSA) is 119 Å². The van der Waals surface area contributed by atoms with Crippen LogP contribution >= 0.6 is 0 Å². The van der Waals surface area contributed by atoms with Crippen LogP contribution in [0.15, 0.2) is 48.5 Å². The maximum Gasteiger partial charge on any atom is 0.312 e. The Labute approximate surface area is 165 Å². The number of hydrogen-bond acceptors (Lipinski definition) is 5. The summed E-state index contributed by atoms with van der Waals surface area (Å²) in [6, 6.07) is 15.1. The molecular formula is C20H18N6O3. The minimum atomic E-state index is -0.483. The highest BCUT2D eigenvalue weighted by molar-refractivity contribution is 5.91. The summed E-state index contributed by atoms with van der Waals surface area (Å²) in [7, 11) is 0. The molecule has 0 bridgehead atoms. The van der Waals surface area contributed by atoms with E-state index < -0.39 is 4.92 Å². The van der Waals surface area contributed by atoms with Crippen molar-refractivity contribution in [2.45, 2.75) is 20.4 Å². The summed E-state index contributed by atoms with van der Waals surface area (Å²) >= 11 is 0. The Morgan fingerprint density at radius 3 is 2.55 bits per heavy atom. The fourth-order valence-corrected chi connectivity index (χ4v) is 3.24. The molecule has 2 heterocycles. The van der Waals surface area contributed by atoms with Crippen LogP contribution in [0.1, 0.15) is 11.4 Å². The van der Waals surface area contributed by atoms with E-state index in [0.29, 0.717) is 11.4 Å². The highest BCUT2D eigenvalue weighted by atomic mass is 16.6. The van der Waals surface area contributed by atoms with Crippen molar-refractivity contribution >= 4 is 28.3 Å². The highest BCUT2D eigenvalue weighted by Gasteiger charge is 2.22. The van der Waals surface area contributed by atoms with Crippen LogP contribution in [0.2, 0.25) is 0 Å². The predicted molar refractivity (Wildman–Crippen MR) is 109 cm³/mol. The van der Waals surface area contributed by atoms with E-state index in [9.17, 15) is 14.9 Å². The van der Waals surface area contributed by atoms with E-state index in [1.54, 1.807) is 26.0 Å². The lowest BCUT2D eigenvalue weighted by atomic mass is 10.2. The molecule has 4 aromatic rings. The number of aryl methyl sites for hydroxylation is 1. The summed E-state index contributed by atoms with van der Waals surface area (Å²) in [5.41, 5.74) is 3.93. The van der Waals surface area contributed by atoms with E-state index in [-0.39, 0.29) is 23.8 Å². The van der Waals surface area contributed by atoms with Crippen molar-refractivity contribution < 1.29 is 9.72 Å². The number of para-hydroxylation sites is 2. The van der Waals surface area contributed by atoms with E-state index in [1.165, 1.54) is 4.68 Å². The van der Waals surface area contributed by atoms with E-state index in [0.717, 1.165) is 22.4 Å². The largest absolute Gasteiger partial charge is 0.338 e. The fraction of sp³-hybridized carbons (Fsp3) is 0.150. The van der Waals surface area contributed by atoms with Gasteiger partial charge in [-0.05, 0) is 50.2 Å². The number of rotatable bonds is 5. The van der Waals surface area contributed by atoms with Crippen LogP contribution in [-0.4, -0.2) is 30.6 Å². The van der Waals surface area contributed by atoms with Gasteiger partial charge in [-0.25, -0.2) is 4.98 Å². The fourth-order valence-electron chi connectivity index (χ4n) is 3.24. The SMILES string of the molecule is Cc1nn(CC(=O)Nc2ccc(-c3nc4ccccc4[nH]3)cc2)c(C)c1[N+](=O)[O-]. The summed E-state index contributed by atoms with van der Waals surface area (Å²) in [6.07, 6.45) is 0. The minimum Gasteiger partial charge on any atom is -0.338 e. The Kier molecular flexibility index (Phi) is 4.55. The average molecular weight is 390 g/mol. The quantitative estimate of drug-likeness (QED) is 0.399. The first-order valence-electron chi connectivity index (χ1n) is 8.96. The molecule has 9 nitrogen and oxygen atoms in total. The van der Waals surface area contributed by atoms with E-state index in [1.807, 2.05) is 36.4 Å². The molecule has 0 unspecified atom stereocenters. The molecule has 2 N–H and O–H groups in total. The van der Waals surface area contributed by atoms with Gasteiger partial charge in [0, 0.05) is 11.3 Å². The van der Waals surface area contributed by atoms with Gasteiger partial charge in [0.15, 0.2) is 0 Å². The van der Waals surface area contributed by atoms with Gasteiger partial charge < -0.3 is 10.3 Å². The monoisotopic (exact) mass is 390 g/mol. The number of carbonyl (C=O) groups is 1. The second-order valence-electron chi connectivity index (χ2n) is 6.66. The smallest absolute Gasteiger partial charge is 0.312 e. The maximum absolute atomic E-state index is 12.3. The standard InChI is InChI=1S/C20H18N6O3/c1-12-19(26(28)29)13(2)25(24-12)11-18(27)21-15-9-7-14(8-10-15)20-22-16-5-3-4-6-17(16)23-20/h3-10H,11H2,1-2H3,(H,21,27)(H,22,23). The summed E-state index contributed by atoms with van der Waals surface area (Å²) in [4.78, 5) is 30.8. The third-order valence-corrected chi connectivity index (χ3v) is 4.65. The van der Waals surface area contributed by atoms with Crippen LogP contribution in [-0.2, 0) is 11.3 Å². The Bertz CT molecular complexity index is 1190. The number of nitrogens with one attached hydrogen (secondary N) is 2. The van der Waals surface area contributed by atoms with Crippen molar-refractivity contribution in [3.63, 3.8) is 0 Å². The zero-order valence-corrected chi connectivity index (χ0v) is 15.8. The summed E-state index contributed by atoms with van der Waals surface area (Å²) < 4.78 is 1.34. The van der Waals surface area contributed by atoms with Crippen molar-refractivity contribution in [2.75, 3.05) is 5.32 Å². The molecule has 0 fully saturated rings. The lowest BCUT2D eigenvalue weighted by Gasteiger charge is -2.07. The van der Waals surface area contributed by atoms with Crippen molar-refractivity contribution in [2.24, 2.45) is 0 Å². The Hall–Kier alpha value is -4.01. The Balaban J connectivity index is 1.47. The Morgan fingerprint density at radius 2 is 1.90 bits per heavy atom. The number of nitrogens with zero attached hydrogens (tertiary/aromatic N) is 4. The average Bonchev–Trinajstić information content (AvgIpc) is 3.23. The van der Waals surface area contributed by atoms with Crippen molar-refractivity contribution in [3.8, 4) is 11.4 Å². The van der Waals surface area contributed by atoms with Crippen molar-refractivity contribution in [1.29, 1.82) is 0 Å². The number of anilines is 1. The van der Waals surface area contributed by atoms with Gasteiger partial charge in [0.05, 0.1) is 16.0 Å². The predicted octanol–water partition coefficient (Wildman–Crippen LogP) is 3.59. The molecule has 0 aliphatic heterocycles. The number of hydrogen-bond donors (Lipinski definition) is 2. The van der Waals surface area contributed by atoms with Crippen LogP contribution < -0.4 is 5.32 Å². The minimum absolute atomic E-state index is 0.0620. The molecule has 0 aliphatic carbocycles. The van der Waals surface area contributed by atoms with Gasteiger partial charge in [-0.15, -0.1) is 0 Å². The third-order valence-electron chi connectivity index (χ3n) is 4.65. The van der Waals surface area contributed by atoms with Gasteiger partial charge in [-0.1, -0.05) is 12.1 Å². The molecule has 0 radical (unpaired) electrons. The van der Waals surface area contributed by atoms with Crippen molar-refractivity contribution in [3.05, 3.63) is 70.0 Å². The summed E-state index contributed by atoms with van der Waals surface area (Å²) in [6.45, 7) is 3.02. The summed E-state index contributed by atoms with van der Waals surface area (Å²) in [5, 5.41) is 18.0. The van der Waals surface area contributed by atoms with Gasteiger partial charge in [-0.2, -0.15) is 5.10 Å². The number of fused-ring (bicyclic) bond motifs is 1. The van der Waals surface area contributed by atoms with E-state index in [2.05, 4.69) is 20.4 Å². The number of benzene rings is 2. The van der Waals surface area contributed by atoms with Crippen LogP contribution in [0.4, 0.5) is 11.4 Å². The second-order valence-corrected chi connectivity index (χ2v) is 6.66. The second kappa shape index (κ2) is 7.19. The number of imidazole rings is 1. The molecule has 1 amide bonds. The molecule has 29 heavy (non-hydrogen) atoms. The van der Waals surface area contributed by atoms with Gasteiger partial charge in [0.1, 0.15) is 23.8 Å². The van der Waals surface area contributed by atoms with Gasteiger partial charge in [-0.3, -0.25) is 19.6 Å². The number of aromatic nitrogens is 4. The maximum atomic E-state index is 12.3. The molecule has 2 aromatic heterocycles. The number of amides is 1. The van der Waals surface area contributed by atoms with Crippen LogP contribution in [0, 0.1) is 24.0 Å². The summed E-state index contributed by atoms with van der Waals surface area (Å²) in [5.74, 6) is 0.431. The Morgan fingerprint density at radius 1 is 1.17 bits per heavy atom. The molecule has 0 saturated carbocycles. The van der Waals surface area contributed by atoms with Crippen LogP contribution in [0.25, 0.3) is 22.4 Å². The van der Waals surface area contributed by atoms with E-state index in [4.69, 9.17) is 0 Å². The first-order chi connectivity index (χ1) is 13.9. The zero-order valence-electron chi connectivity index (χ0n) is 15.8. The van der Waals surface area contributed by atoms with Gasteiger partial charge >= 0.3 is 5.69 Å². The molecule has 0 saturated heterocycles. The van der Waals surface area contributed by atoms with Crippen LogP contribution in [0.5, 0.6) is 0 Å². The number of nitro groups is 1. The number of aromatic amines is 1.